The zero-order valence-corrected chi connectivity index (χ0v) is 11.0. The molecular formula is C12H14FN3O2S. The molecule has 1 aliphatic rings. The van der Waals surface area contributed by atoms with Crippen LogP contribution in [-0.2, 0) is 10.0 Å². The van der Waals surface area contributed by atoms with Crippen LogP contribution in [0.15, 0.2) is 23.1 Å². The zero-order chi connectivity index (χ0) is 14.1. The van der Waals surface area contributed by atoms with Crippen molar-refractivity contribution in [1.82, 2.24) is 4.72 Å². The zero-order valence-electron chi connectivity index (χ0n) is 10.2. The van der Waals surface area contributed by atoms with E-state index < -0.39 is 26.9 Å². The first-order chi connectivity index (χ1) is 8.88. The summed E-state index contributed by atoms with van der Waals surface area (Å²) in [5, 5.41) is 8.84. The minimum atomic E-state index is -3.93. The van der Waals surface area contributed by atoms with Gasteiger partial charge in [-0.1, -0.05) is 6.07 Å². The number of hydrogen-bond donors (Lipinski definition) is 2. The van der Waals surface area contributed by atoms with Crippen LogP contribution in [0.1, 0.15) is 24.8 Å². The number of rotatable bonds is 4. The highest BCUT2D eigenvalue weighted by molar-refractivity contribution is 7.89. The van der Waals surface area contributed by atoms with Crippen LogP contribution in [0.25, 0.3) is 0 Å². The Hall–Kier alpha value is -1.49. The molecular weight excluding hydrogens is 269 g/mol. The van der Waals surface area contributed by atoms with E-state index in [2.05, 4.69) is 4.72 Å². The molecule has 0 aromatic heterocycles. The highest BCUT2D eigenvalue weighted by atomic mass is 32.2. The monoisotopic (exact) mass is 283 g/mol. The Bertz CT molecular complexity index is 633. The highest BCUT2D eigenvalue weighted by Crippen LogP contribution is 2.28. The maximum atomic E-state index is 13.4. The van der Waals surface area contributed by atoms with Gasteiger partial charge in [-0.05, 0) is 31.4 Å². The quantitative estimate of drug-likeness (QED) is 0.856. The number of nitrogens with one attached hydrogen (secondary N) is 1. The summed E-state index contributed by atoms with van der Waals surface area (Å²) < 4.78 is 39.9. The topological polar surface area (TPSA) is 96.0 Å². The van der Waals surface area contributed by atoms with Crippen molar-refractivity contribution in [3.63, 3.8) is 0 Å². The molecule has 1 fully saturated rings. The Balaban J connectivity index is 2.25. The van der Waals surface area contributed by atoms with Crippen LogP contribution in [-0.4, -0.2) is 20.5 Å². The number of halogens is 1. The van der Waals surface area contributed by atoms with Gasteiger partial charge in [0.25, 0.3) is 0 Å². The van der Waals surface area contributed by atoms with Crippen LogP contribution in [0.4, 0.5) is 4.39 Å². The largest absolute Gasteiger partial charge is 0.324 e. The Labute approximate surface area is 111 Å². The SMILES string of the molecule is N#Cc1c(F)cccc1S(=O)(=O)NCC1(N)CCC1. The van der Waals surface area contributed by atoms with Gasteiger partial charge in [0.1, 0.15) is 22.3 Å². The second kappa shape index (κ2) is 4.89. The summed E-state index contributed by atoms with van der Waals surface area (Å²) in [6, 6.07) is 5.08. The molecule has 7 heteroatoms. The fraction of sp³-hybridized carbons (Fsp3) is 0.417. The Kier molecular flexibility index (Phi) is 3.58. The van der Waals surface area contributed by atoms with E-state index in [-0.39, 0.29) is 11.4 Å². The lowest BCUT2D eigenvalue weighted by Gasteiger charge is -2.38. The van der Waals surface area contributed by atoms with Crippen LogP contribution in [0.3, 0.4) is 0 Å². The molecule has 0 bridgehead atoms. The maximum absolute atomic E-state index is 13.4. The van der Waals surface area contributed by atoms with E-state index in [0.29, 0.717) is 0 Å². The van der Waals surface area contributed by atoms with Gasteiger partial charge in [-0.2, -0.15) is 5.26 Å². The fourth-order valence-corrected chi connectivity index (χ4v) is 3.26. The molecule has 1 aromatic carbocycles. The van der Waals surface area contributed by atoms with E-state index in [0.717, 1.165) is 25.3 Å². The van der Waals surface area contributed by atoms with E-state index in [1.54, 1.807) is 6.07 Å². The predicted octanol–water partition coefficient (Wildman–Crippen LogP) is 0.857. The van der Waals surface area contributed by atoms with Gasteiger partial charge in [0.2, 0.25) is 10.0 Å². The number of hydrogen-bond acceptors (Lipinski definition) is 4. The molecule has 0 unspecified atom stereocenters. The number of benzene rings is 1. The van der Waals surface area contributed by atoms with Gasteiger partial charge in [0.05, 0.1) is 0 Å². The average molecular weight is 283 g/mol. The van der Waals surface area contributed by atoms with Crippen LogP contribution < -0.4 is 10.5 Å². The molecule has 2 rings (SSSR count). The number of sulfonamides is 1. The van der Waals surface area contributed by atoms with Crippen molar-refractivity contribution in [2.45, 2.75) is 29.7 Å². The third-order valence-corrected chi connectivity index (χ3v) is 4.78. The third kappa shape index (κ3) is 2.76. The van der Waals surface area contributed by atoms with E-state index >= 15 is 0 Å². The van der Waals surface area contributed by atoms with Crippen LogP contribution in [0.5, 0.6) is 0 Å². The molecule has 0 amide bonds. The lowest BCUT2D eigenvalue weighted by molar-refractivity contribution is 0.251. The Morgan fingerprint density at radius 2 is 2.16 bits per heavy atom. The molecule has 1 aromatic rings. The van der Waals surface area contributed by atoms with E-state index in [1.807, 2.05) is 0 Å². The van der Waals surface area contributed by atoms with Crippen molar-refractivity contribution in [2.24, 2.45) is 5.73 Å². The molecule has 0 aliphatic heterocycles. The van der Waals surface area contributed by atoms with Gasteiger partial charge in [-0.25, -0.2) is 17.5 Å². The minimum absolute atomic E-state index is 0.0940. The second-order valence-corrected chi connectivity index (χ2v) is 6.50. The summed E-state index contributed by atoms with van der Waals surface area (Å²) in [4.78, 5) is -0.349. The van der Waals surface area contributed by atoms with Crippen molar-refractivity contribution in [3.8, 4) is 6.07 Å². The molecule has 102 valence electrons. The van der Waals surface area contributed by atoms with E-state index in [4.69, 9.17) is 11.0 Å². The Morgan fingerprint density at radius 1 is 1.47 bits per heavy atom. The lowest BCUT2D eigenvalue weighted by Crippen LogP contribution is -2.54. The second-order valence-electron chi connectivity index (χ2n) is 4.77. The Morgan fingerprint density at radius 3 is 2.68 bits per heavy atom. The number of nitrogens with zero attached hydrogens (tertiary/aromatic N) is 1. The first-order valence-electron chi connectivity index (χ1n) is 5.85. The molecule has 0 spiro atoms. The first kappa shape index (κ1) is 13.9. The van der Waals surface area contributed by atoms with Gasteiger partial charge in [-0.15, -0.1) is 0 Å². The predicted molar refractivity (Wildman–Crippen MR) is 67.1 cm³/mol. The van der Waals surface area contributed by atoms with Gasteiger partial charge >= 0.3 is 0 Å². The lowest BCUT2D eigenvalue weighted by atomic mass is 9.78. The summed E-state index contributed by atoms with van der Waals surface area (Å²) in [5.74, 6) is -0.850. The minimum Gasteiger partial charge on any atom is -0.324 e. The average Bonchev–Trinajstić information content (AvgIpc) is 2.34. The summed E-state index contributed by atoms with van der Waals surface area (Å²) in [5.41, 5.74) is 4.92. The molecule has 3 N–H and O–H groups in total. The van der Waals surface area contributed by atoms with Crippen molar-refractivity contribution >= 4 is 10.0 Å². The van der Waals surface area contributed by atoms with E-state index in [9.17, 15) is 12.8 Å². The summed E-state index contributed by atoms with van der Waals surface area (Å²) >= 11 is 0. The first-order valence-corrected chi connectivity index (χ1v) is 7.33. The summed E-state index contributed by atoms with van der Waals surface area (Å²) in [6.07, 6.45) is 2.48. The molecule has 0 atom stereocenters. The smallest absolute Gasteiger partial charge is 0.242 e. The molecule has 19 heavy (non-hydrogen) atoms. The third-order valence-electron chi connectivity index (χ3n) is 3.34. The molecule has 0 heterocycles. The van der Waals surface area contributed by atoms with Gasteiger partial charge in [0, 0.05) is 12.1 Å². The van der Waals surface area contributed by atoms with Gasteiger partial charge in [-0.3, -0.25) is 0 Å². The van der Waals surface area contributed by atoms with E-state index in [1.165, 1.54) is 12.1 Å². The highest BCUT2D eigenvalue weighted by Gasteiger charge is 2.34. The summed E-state index contributed by atoms with van der Waals surface area (Å²) in [7, 11) is -3.93. The van der Waals surface area contributed by atoms with Crippen LogP contribution in [0.2, 0.25) is 0 Å². The van der Waals surface area contributed by atoms with Crippen molar-refractivity contribution in [2.75, 3.05) is 6.54 Å². The molecule has 1 aliphatic carbocycles. The van der Waals surface area contributed by atoms with Gasteiger partial charge < -0.3 is 5.73 Å². The standard InChI is InChI=1S/C12H14FN3O2S/c13-10-3-1-4-11(9(10)7-14)19(17,18)16-8-12(15)5-2-6-12/h1,3-4,16H,2,5-6,8,15H2. The normalized spacial score (nSPS) is 17.5. The number of nitriles is 1. The molecule has 5 nitrogen and oxygen atoms in total. The van der Waals surface area contributed by atoms with Gasteiger partial charge in [0.15, 0.2) is 0 Å². The molecule has 0 saturated heterocycles. The fourth-order valence-electron chi connectivity index (χ4n) is 1.96. The molecule has 0 radical (unpaired) electrons. The summed E-state index contributed by atoms with van der Waals surface area (Å²) in [6.45, 7) is 0.0940. The number of nitrogens with two attached hydrogens (primary N) is 1. The van der Waals surface area contributed by atoms with Crippen molar-refractivity contribution in [1.29, 1.82) is 5.26 Å². The molecule has 1 saturated carbocycles. The van der Waals surface area contributed by atoms with Crippen molar-refractivity contribution in [3.05, 3.63) is 29.6 Å². The van der Waals surface area contributed by atoms with Crippen molar-refractivity contribution < 1.29 is 12.8 Å². The maximum Gasteiger partial charge on any atom is 0.242 e. The van der Waals surface area contributed by atoms with Crippen LogP contribution in [0, 0.1) is 17.1 Å². The van der Waals surface area contributed by atoms with Crippen LogP contribution >= 0.6 is 0 Å².